The van der Waals surface area contributed by atoms with Crippen molar-refractivity contribution in [1.82, 2.24) is 0 Å². The standard InChI is InChI=1S/C19H22F3N3O4/c20-19(21,22)13-5-6-14(15(11-13)25(27)28)23-9-4-10-24-16-12-17(26)29-18(16)7-2-1-3-8-18/h5-6,11,23H,1-4,7-10,12H2/p+1. The van der Waals surface area contributed by atoms with Gasteiger partial charge in [-0.2, -0.15) is 13.2 Å². The first-order valence-corrected chi connectivity index (χ1v) is 9.63. The van der Waals surface area contributed by atoms with E-state index in [0.717, 1.165) is 49.9 Å². The molecule has 0 amide bonds. The lowest BCUT2D eigenvalue weighted by molar-refractivity contribution is -0.462. The number of benzene rings is 1. The van der Waals surface area contributed by atoms with Crippen LogP contribution in [0.25, 0.3) is 0 Å². The van der Waals surface area contributed by atoms with Gasteiger partial charge in [-0.3, -0.25) is 14.9 Å². The van der Waals surface area contributed by atoms with Crippen molar-refractivity contribution in [1.29, 1.82) is 0 Å². The highest BCUT2D eigenvalue weighted by Crippen LogP contribution is 2.37. The topological polar surface area (TPSA) is 95.4 Å². The normalized spacial score (nSPS) is 20.1. The van der Waals surface area contributed by atoms with Crippen molar-refractivity contribution in [3.8, 4) is 0 Å². The van der Waals surface area contributed by atoms with Gasteiger partial charge in [-0.25, -0.2) is 4.99 Å². The molecule has 2 aliphatic rings. The highest BCUT2D eigenvalue weighted by atomic mass is 19.4. The van der Waals surface area contributed by atoms with Gasteiger partial charge in [-0.15, -0.1) is 0 Å². The van der Waals surface area contributed by atoms with Crippen molar-refractivity contribution in [2.45, 2.75) is 56.7 Å². The van der Waals surface area contributed by atoms with E-state index in [1.54, 1.807) is 0 Å². The lowest BCUT2D eigenvalue weighted by Crippen LogP contribution is -2.77. The first-order chi connectivity index (χ1) is 13.7. The Bertz CT molecular complexity index is 817. The monoisotopic (exact) mass is 414 g/mol. The molecule has 29 heavy (non-hydrogen) atoms. The van der Waals surface area contributed by atoms with Gasteiger partial charge in [0, 0.05) is 19.0 Å². The molecule has 2 fully saturated rings. The highest BCUT2D eigenvalue weighted by Gasteiger charge is 2.50. The maximum absolute atomic E-state index is 12.8. The molecule has 1 aliphatic heterocycles. The fraction of sp³-hybridized carbons (Fsp3) is 0.579. The van der Waals surface area contributed by atoms with Gasteiger partial charge in [0.2, 0.25) is 5.71 Å². The summed E-state index contributed by atoms with van der Waals surface area (Å²) in [5.74, 6) is -0.229. The molecule has 0 atom stereocenters. The van der Waals surface area contributed by atoms with E-state index in [1.807, 2.05) is 0 Å². The number of halogens is 3. The minimum Gasteiger partial charge on any atom is -0.448 e. The van der Waals surface area contributed by atoms with Gasteiger partial charge < -0.3 is 10.1 Å². The number of nitrogens with zero attached hydrogens (tertiary/aromatic N) is 1. The summed E-state index contributed by atoms with van der Waals surface area (Å²) in [4.78, 5) is 25.3. The van der Waals surface area contributed by atoms with Crippen molar-refractivity contribution >= 4 is 23.1 Å². The number of hydrogen-bond acceptors (Lipinski definition) is 5. The fourth-order valence-electron chi connectivity index (χ4n) is 3.93. The fourth-order valence-corrected chi connectivity index (χ4v) is 3.93. The summed E-state index contributed by atoms with van der Waals surface area (Å²) in [5, 5.41) is 13.9. The number of hydrogen-bond donors (Lipinski definition) is 2. The van der Waals surface area contributed by atoms with Gasteiger partial charge in [0.1, 0.15) is 18.7 Å². The molecule has 0 bridgehead atoms. The molecule has 3 rings (SSSR count). The molecule has 0 aromatic heterocycles. The van der Waals surface area contributed by atoms with Crippen LogP contribution < -0.4 is 10.3 Å². The van der Waals surface area contributed by atoms with Crippen molar-refractivity contribution in [3.63, 3.8) is 0 Å². The Hall–Kier alpha value is -2.65. The molecule has 1 heterocycles. The number of esters is 1. The summed E-state index contributed by atoms with van der Waals surface area (Å²) in [7, 11) is 0. The van der Waals surface area contributed by atoms with Crippen LogP contribution >= 0.6 is 0 Å². The van der Waals surface area contributed by atoms with Crippen molar-refractivity contribution < 1.29 is 32.6 Å². The van der Waals surface area contributed by atoms with Crippen LogP contribution in [0.2, 0.25) is 0 Å². The first kappa shape index (κ1) is 21.1. The Labute approximate surface area is 165 Å². The third-order valence-corrected chi connectivity index (χ3v) is 5.37. The number of anilines is 1. The molecule has 1 saturated carbocycles. The van der Waals surface area contributed by atoms with Gasteiger partial charge in [-0.05, 0) is 37.8 Å². The summed E-state index contributed by atoms with van der Waals surface area (Å²) in [5.41, 5.74) is -1.24. The molecule has 1 aromatic rings. The van der Waals surface area contributed by atoms with Crippen molar-refractivity contribution in [2.24, 2.45) is 0 Å². The zero-order valence-corrected chi connectivity index (χ0v) is 15.8. The van der Waals surface area contributed by atoms with E-state index in [-0.39, 0.29) is 18.1 Å². The van der Waals surface area contributed by atoms with Gasteiger partial charge in [-0.1, -0.05) is 6.42 Å². The third-order valence-electron chi connectivity index (χ3n) is 5.37. The minimum atomic E-state index is -4.64. The van der Waals surface area contributed by atoms with Crippen LogP contribution in [0.5, 0.6) is 0 Å². The van der Waals surface area contributed by atoms with E-state index in [4.69, 9.17) is 4.74 Å². The Kier molecular flexibility index (Phi) is 6.09. The van der Waals surface area contributed by atoms with E-state index in [0.29, 0.717) is 25.6 Å². The summed E-state index contributed by atoms with van der Waals surface area (Å²) < 4.78 is 43.9. The summed E-state index contributed by atoms with van der Waals surface area (Å²) in [6.45, 7) is 0.851. The Morgan fingerprint density at radius 1 is 1.24 bits per heavy atom. The van der Waals surface area contributed by atoms with E-state index in [9.17, 15) is 28.1 Å². The lowest BCUT2D eigenvalue weighted by atomic mass is 9.81. The zero-order valence-electron chi connectivity index (χ0n) is 15.8. The molecule has 2 N–H and O–H groups in total. The predicted octanol–water partition coefficient (Wildman–Crippen LogP) is 2.59. The quantitative estimate of drug-likeness (QED) is 0.323. The summed E-state index contributed by atoms with van der Waals surface area (Å²) in [6, 6.07) is 2.42. The number of nitro groups is 1. The zero-order chi connectivity index (χ0) is 21.1. The molecule has 1 spiro atoms. The van der Waals surface area contributed by atoms with Gasteiger partial charge in [0.25, 0.3) is 5.69 Å². The molecule has 158 valence electrons. The second-order valence-corrected chi connectivity index (χ2v) is 7.38. The van der Waals surface area contributed by atoms with Gasteiger partial charge in [0.15, 0.2) is 5.60 Å². The maximum Gasteiger partial charge on any atom is 0.416 e. The summed E-state index contributed by atoms with van der Waals surface area (Å²) in [6.07, 6.45) is 0.954. The van der Waals surface area contributed by atoms with Crippen LogP contribution in [0, 0.1) is 10.1 Å². The smallest absolute Gasteiger partial charge is 0.416 e. The van der Waals surface area contributed by atoms with Crippen molar-refractivity contribution in [3.05, 3.63) is 33.9 Å². The first-order valence-electron chi connectivity index (χ1n) is 9.63. The van der Waals surface area contributed by atoms with E-state index in [1.165, 1.54) is 0 Å². The molecule has 1 aliphatic carbocycles. The molecule has 1 aromatic carbocycles. The SMILES string of the molecule is O=C1CC(=[NH+]CCCNc2ccc(C(F)(F)F)cc2[N+](=O)[O-])C2(CCCCC2)O1. The minimum absolute atomic E-state index is 0.0405. The van der Waals surface area contributed by atoms with Crippen LogP contribution in [0.3, 0.4) is 0 Å². The number of alkyl halides is 3. The third kappa shape index (κ3) is 4.86. The number of carbonyl (C=O) groups is 1. The van der Waals surface area contributed by atoms with Gasteiger partial charge >= 0.3 is 12.1 Å². The highest BCUT2D eigenvalue weighted by molar-refractivity contribution is 6.06. The molecule has 0 radical (unpaired) electrons. The van der Waals surface area contributed by atoms with Crippen molar-refractivity contribution in [2.75, 3.05) is 18.4 Å². The molecule has 1 saturated heterocycles. The molecule has 10 heteroatoms. The molecular formula is C19H23F3N3O4+. The lowest BCUT2D eigenvalue weighted by Gasteiger charge is -2.29. The van der Waals surface area contributed by atoms with E-state index in [2.05, 4.69) is 10.3 Å². The van der Waals surface area contributed by atoms with Crippen LogP contribution in [0.4, 0.5) is 24.5 Å². The number of carbonyl (C=O) groups excluding carboxylic acids is 1. The number of ether oxygens (including phenoxy) is 1. The van der Waals surface area contributed by atoms with E-state index >= 15 is 0 Å². The summed E-state index contributed by atoms with van der Waals surface area (Å²) >= 11 is 0. The number of nitrogens with one attached hydrogen (secondary N) is 2. The van der Waals surface area contributed by atoms with Crippen LogP contribution in [0.15, 0.2) is 18.2 Å². The van der Waals surface area contributed by atoms with Crippen LogP contribution in [0.1, 0.15) is 50.5 Å². The predicted molar refractivity (Wildman–Crippen MR) is 98.6 cm³/mol. The van der Waals surface area contributed by atoms with Crippen LogP contribution in [-0.2, 0) is 15.7 Å². The average molecular weight is 414 g/mol. The van der Waals surface area contributed by atoms with E-state index < -0.39 is 28.0 Å². The molecule has 7 nitrogen and oxygen atoms in total. The maximum atomic E-state index is 12.8. The number of rotatable bonds is 6. The number of nitro benzene ring substituents is 1. The Morgan fingerprint density at radius 3 is 2.62 bits per heavy atom. The molecule has 0 unspecified atom stereocenters. The molecular weight excluding hydrogens is 391 g/mol. The van der Waals surface area contributed by atoms with Gasteiger partial charge in [0.05, 0.1) is 10.5 Å². The Morgan fingerprint density at radius 2 is 1.97 bits per heavy atom. The largest absolute Gasteiger partial charge is 0.448 e. The Balaban J connectivity index is 1.58. The average Bonchev–Trinajstić information content (AvgIpc) is 2.95. The second kappa shape index (κ2) is 8.38. The van der Waals surface area contributed by atoms with Crippen LogP contribution in [-0.4, -0.2) is 35.3 Å². The second-order valence-electron chi connectivity index (χ2n) is 7.38.